The van der Waals surface area contributed by atoms with Crippen LogP contribution in [0.4, 0.5) is 0 Å². The maximum Gasteiger partial charge on any atom is 0.311 e. The zero-order valence-corrected chi connectivity index (χ0v) is 16.5. The van der Waals surface area contributed by atoms with Crippen LogP contribution in [-0.4, -0.2) is 50.8 Å². The van der Waals surface area contributed by atoms with Crippen LogP contribution in [-0.2, 0) is 20.7 Å². The highest BCUT2D eigenvalue weighted by molar-refractivity contribution is 7.17. The molecule has 0 aliphatic rings. The van der Waals surface area contributed by atoms with Gasteiger partial charge in [-0.15, -0.1) is 11.3 Å². The van der Waals surface area contributed by atoms with Gasteiger partial charge in [0.2, 0.25) is 0 Å². The van der Waals surface area contributed by atoms with E-state index in [9.17, 15) is 4.79 Å². The predicted molar refractivity (Wildman–Crippen MR) is 104 cm³/mol. The molecule has 0 amide bonds. The number of likely N-dealkylation sites (N-methyl/N-ethyl adjacent to an activating group) is 1. The van der Waals surface area contributed by atoms with Gasteiger partial charge >= 0.3 is 5.97 Å². The van der Waals surface area contributed by atoms with Gasteiger partial charge in [0.1, 0.15) is 6.61 Å². The first kappa shape index (κ1) is 19.9. The summed E-state index contributed by atoms with van der Waals surface area (Å²) in [5.41, 5.74) is 0.876. The Hall–Kier alpha value is -1.43. The van der Waals surface area contributed by atoms with Crippen LogP contribution in [0.2, 0.25) is 0 Å². The molecule has 0 aliphatic carbocycles. The van der Waals surface area contributed by atoms with Crippen LogP contribution in [0.25, 0.3) is 10.1 Å². The van der Waals surface area contributed by atoms with E-state index in [0.717, 1.165) is 26.1 Å². The van der Waals surface area contributed by atoms with Crippen LogP contribution in [0.3, 0.4) is 0 Å². The van der Waals surface area contributed by atoms with Crippen LogP contribution in [0.15, 0.2) is 29.6 Å². The van der Waals surface area contributed by atoms with E-state index < -0.39 is 5.41 Å². The van der Waals surface area contributed by atoms with E-state index >= 15 is 0 Å². The number of carbonyl (C=O) groups is 1. The smallest absolute Gasteiger partial charge is 0.311 e. The van der Waals surface area contributed by atoms with Crippen LogP contribution in [0, 0.1) is 5.41 Å². The lowest BCUT2D eigenvalue weighted by Gasteiger charge is -2.20. The first-order valence-electron chi connectivity index (χ1n) is 8.76. The summed E-state index contributed by atoms with van der Waals surface area (Å²) in [5.74, 6) is -0.153. The number of hydrogen-bond donors (Lipinski definition) is 0. The predicted octanol–water partition coefficient (Wildman–Crippen LogP) is 3.98. The standard InChI is InChI=1S/C20H29NO3S/c1-20(2,3)19(22)24-13-10-21(4)9-12-23-11-7-16-5-6-18-17(15-16)8-14-25-18/h5-6,8,14-15H,7,9-13H2,1-4H3. The van der Waals surface area contributed by atoms with Gasteiger partial charge in [-0.1, -0.05) is 12.1 Å². The van der Waals surface area contributed by atoms with Crippen molar-refractivity contribution in [3.63, 3.8) is 0 Å². The van der Waals surface area contributed by atoms with Crippen molar-refractivity contribution in [1.29, 1.82) is 0 Å². The number of esters is 1. The third-order valence-corrected chi connectivity index (χ3v) is 4.89. The van der Waals surface area contributed by atoms with Crippen molar-refractivity contribution in [1.82, 2.24) is 4.90 Å². The zero-order chi connectivity index (χ0) is 18.3. The number of carbonyl (C=O) groups excluding carboxylic acids is 1. The SMILES string of the molecule is CN(CCOCCc1ccc2sccc2c1)CCOC(=O)C(C)(C)C. The molecule has 4 nitrogen and oxygen atoms in total. The molecule has 0 saturated carbocycles. The molecule has 0 atom stereocenters. The molecule has 1 heterocycles. The monoisotopic (exact) mass is 363 g/mol. The Morgan fingerprint density at radius 1 is 1.12 bits per heavy atom. The number of hydrogen-bond acceptors (Lipinski definition) is 5. The quantitative estimate of drug-likeness (QED) is 0.499. The summed E-state index contributed by atoms with van der Waals surface area (Å²) in [7, 11) is 2.01. The number of ether oxygens (including phenoxy) is 2. The summed E-state index contributed by atoms with van der Waals surface area (Å²) in [4.78, 5) is 13.8. The topological polar surface area (TPSA) is 38.8 Å². The van der Waals surface area contributed by atoms with Crippen LogP contribution >= 0.6 is 11.3 Å². The fourth-order valence-corrected chi connectivity index (χ4v) is 3.08. The number of rotatable bonds is 9. The highest BCUT2D eigenvalue weighted by Gasteiger charge is 2.22. The Labute approximate surface area is 154 Å². The first-order valence-corrected chi connectivity index (χ1v) is 9.64. The van der Waals surface area contributed by atoms with E-state index in [2.05, 4.69) is 34.5 Å². The lowest BCUT2D eigenvalue weighted by molar-refractivity contribution is -0.153. The first-order chi connectivity index (χ1) is 11.9. The summed E-state index contributed by atoms with van der Waals surface area (Å²) in [6.45, 7) is 8.98. The highest BCUT2D eigenvalue weighted by atomic mass is 32.1. The summed E-state index contributed by atoms with van der Waals surface area (Å²) < 4.78 is 12.3. The molecular formula is C20H29NO3S. The van der Waals surface area contributed by atoms with Gasteiger partial charge in [-0.3, -0.25) is 4.79 Å². The normalized spacial score (nSPS) is 12.0. The Bertz CT molecular complexity index is 675. The molecule has 0 radical (unpaired) electrons. The average Bonchev–Trinajstić information content (AvgIpc) is 3.01. The molecule has 5 heteroatoms. The molecule has 0 saturated heterocycles. The van der Waals surface area contributed by atoms with Gasteiger partial charge in [0.05, 0.1) is 18.6 Å². The minimum absolute atomic E-state index is 0.153. The maximum absolute atomic E-state index is 11.7. The molecule has 0 bridgehead atoms. The zero-order valence-electron chi connectivity index (χ0n) is 15.7. The Morgan fingerprint density at radius 2 is 1.88 bits per heavy atom. The van der Waals surface area contributed by atoms with Gasteiger partial charge in [-0.2, -0.15) is 0 Å². The van der Waals surface area contributed by atoms with Crippen LogP contribution in [0.5, 0.6) is 0 Å². The summed E-state index contributed by atoms with van der Waals surface area (Å²) in [5, 5.41) is 3.44. The van der Waals surface area contributed by atoms with E-state index in [4.69, 9.17) is 9.47 Å². The van der Waals surface area contributed by atoms with E-state index in [-0.39, 0.29) is 5.97 Å². The summed E-state index contributed by atoms with van der Waals surface area (Å²) >= 11 is 1.77. The average molecular weight is 364 g/mol. The van der Waals surface area contributed by atoms with Crippen molar-refractivity contribution in [3.05, 3.63) is 35.2 Å². The molecule has 2 rings (SSSR count). The van der Waals surface area contributed by atoms with Gasteiger partial charge < -0.3 is 14.4 Å². The molecule has 0 unspecified atom stereocenters. The minimum atomic E-state index is -0.437. The summed E-state index contributed by atoms with van der Waals surface area (Å²) in [6, 6.07) is 8.76. The second-order valence-electron chi connectivity index (χ2n) is 7.34. The second-order valence-corrected chi connectivity index (χ2v) is 8.29. The molecule has 1 aromatic carbocycles. The molecule has 138 valence electrons. The Morgan fingerprint density at radius 3 is 2.64 bits per heavy atom. The van der Waals surface area contributed by atoms with Crippen LogP contribution in [0.1, 0.15) is 26.3 Å². The van der Waals surface area contributed by atoms with Gasteiger partial charge in [-0.25, -0.2) is 0 Å². The summed E-state index contributed by atoms with van der Waals surface area (Å²) in [6.07, 6.45) is 0.929. The van der Waals surface area contributed by atoms with Crippen molar-refractivity contribution in [2.24, 2.45) is 5.41 Å². The van der Waals surface area contributed by atoms with Crippen molar-refractivity contribution in [2.45, 2.75) is 27.2 Å². The largest absolute Gasteiger partial charge is 0.464 e. The van der Waals surface area contributed by atoms with E-state index in [1.807, 2.05) is 27.8 Å². The van der Waals surface area contributed by atoms with Gasteiger partial charge in [0, 0.05) is 17.8 Å². The molecule has 0 N–H and O–H groups in total. The highest BCUT2D eigenvalue weighted by Crippen LogP contribution is 2.21. The second kappa shape index (κ2) is 9.32. The molecule has 0 aliphatic heterocycles. The molecule has 1 aromatic heterocycles. The molecule has 2 aromatic rings. The van der Waals surface area contributed by atoms with Crippen LogP contribution < -0.4 is 0 Å². The Balaban J connectivity index is 1.55. The molecular weight excluding hydrogens is 334 g/mol. The minimum Gasteiger partial charge on any atom is -0.464 e. The molecule has 0 fully saturated rings. The number of benzene rings is 1. The van der Waals surface area contributed by atoms with E-state index in [1.165, 1.54) is 15.6 Å². The Kier molecular flexibility index (Phi) is 7.41. The van der Waals surface area contributed by atoms with E-state index in [1.54, 1.807) is 11.3 Å². The lowest BCUT2D eigenvalue weighted by atomic mass is 9.97. The third-order valence-electron chi connectivity index (χ3n) is 3.99. The van der Waals surface area contributed by atoms with Gasteiger partial charge in [0.15, 0.2) is 0 Å². The van der Waals surface area contributed by atoms with Crippen molar-refractivity contribution in [3.8, 4) is 0 Å². The fraction of sp³-hybridized carbons (Fsp3) is 0.550. The number of fused-ring (bicyclic) bond motifs is 1. The van der Waals surface area contributed by atoms with E-state index in [0.29, 0.717) is 13.2 Å². The maximum atomic E-state index is 11.7. The molecule has 0 spiro atoms. The third kappa shape index (κ3) is 6.77. The van der Waals surface area contributed by atoms with Crippen molar-refractivity contribution in [2.75, 3.05) is 40.0 Å². The lowest BCUT2D eigenvalue weighted by Crippen LogP contribution is -2.30. The van der Waals surface area contributed by atoms with Gasteiger partial charge in [0.25, 0.3) is 0 Å². The van der Waals surface area contributed by atoms with Crippen molar-refractivity contribution < 1.29 is 14.3 Å². The number of thiophene rings is 1. The number of nitrogens with zero attached hydrogens (tertiary/aromatic N) is 1. The fourth-order valence-electron chi connectivity index (χ4n) is 2.31. The molecule has 25 heavy (non-hydrogen) atoms. The van der Waals surface area contributed by atoms with Crippen molar-refractivity contribution >= 4 is 27.4 Å². The van der Waals surface area contributed by atoms with Gasteiger partial charge in [-0.05, 0) is 62.7 Å².